The Balaban J connectivity index is 2.09. The molecule has 10 nitrogen and oxygen atoms in total. The number of ether oxygens (including phenoxy) is 5. The van der Waals surface area contributed by atoms with Gasteiger partial charge in [0.15, 0.2) is 35.4 Å². The van der Waals surface area contributed by atoms with Gasteiger partial charge >= 0.3 is 12.6 Å². The largest absolute Gasteiger partial charge is 0.493 e. The Hall–Kier alpha value is -3.96. The van der Waals surface area contributed by atoms with E-state index < -0.39 is 42.2 Å². The van der Waals surface area contributed by atoms with Crippen molar-refractivity contribution in [1.29, 1.82) is 0 Å². The first-order valence-corrected chi connectivity index (χ1v) is 8.93. The van der Waals surface area contributed by atoms with Gasteiger partial charge in [-0.25, -0.2) is 4.79 Å². The van der Waals surface area contributed by atoms with Crippen molar-refractivity contribution in [3.63, 3.8) is 0 Å². The Labute approximate surface area is 180 Å². The molecule has 0 bridgehead atoms. The molecule has 0 aliphatic heterocycles. The minimum Gasteiger partial charge on any atom is -0.493 e. The quantitative estimate of drug-likeness (QED) is 0.217. The molecule has 0 N–H and O–H groups in total. The van der Waals surface area contributed by atoms with E-state index in [1.165, 1.54) is 32.2 Å². The van der Waals surface area contributed by atoms with Crippen molar-refractivity contribution in [2.75, 3.05) is 20.8 Å². The SMILES string of the molecule is COc1cc(C(C)=O)ccc1OCC(=O)OCc1cc(OC)c(OC(F)F)cc1[N+](=O)[O-]. The van der Waals surface area contributed by atoms with E-state index >= 15 is 0 Å². The molecule has 0 heterocycles. The van der Waals surface area contributed by atoms with E-state index in [1.54, 1.807) is 0 Å². The second kappa shape index (κ2) is 10.9. The van der Waals surface area contributed by atoms with Gasteiger partial charge in [-0.1, -0.05) is 0 Å². The molecule has 2 aromatic carbocycles. The standard InChI is InChI=1S/C20H19F2NO9/c1-11(24)12-4-5-15(16(6-12)28-2)30-10-19(25)31-9-13-7-17(29-3)18(32-20(21)22)8-14(13)23(26)27/h4-8,20H,9-10H2,1-3H3. The monoisotopic (exact) mass is 455 g/mol. The molecule has 0 amide bonds. The molecule has 172 valence electrons. The van der Waals surface area contributed by atoms with Crippen molar-refractivity contribution in [3.05, 3.63) is 51.6 Å². The molecular formula is C20H19F2NO9. The van der Waals surface area contributed by atoms with Gasteiger partial charge in [0.05, 0.1) is 30.8 Å². The third-order valence-electron chi connectivity index (χ3n) is 4.08. The van der Waals surface area contributed by atoms with Crippen LogP contribution in [0.5, 0.6) is 23.0 Å². The molecule has 0 radical (unpaired) electrons. The smallest absolute Gasteiger partial charge is 0.387 e. The number of hydrogen-bond acceptors (Lipinski definition) is 9. The van der Waals surface area contributed by atoms with Crippen LogP contribution in [0.25, 0.3) is 0 Å². The summed E-state index contributed by atoms with van der Waals surface area (Å²) < 4.78 is 49.6. The van der Waals surface area contributed by atoms with Gasteiger partial charge in [-0.2, -0.15) is 8.78 Å². The maximum absolute atomic E-state index is 12.5. The van der Waals surface area contributed by atoms with Crippen LogP contribution in [-0.2, 0) is 16.1 Å². The van der Waals surface area contributed by atoms with Crippen LogP contribution in [0.3, 0.4) is 0 Å². The Bertz CT molecular complexity index is 1010. The normalized spacial score (nSPS) is 10.4. The molecule has 0 fully saturated rings. The molecule has 12 heteroatoms. The number of carbonyl (C=O) groups is 2. The fraction of sp³-hybridized carbons (Fsp3) is 0.300. The molecule has 2 rings (SSSR count). The Morgan fingerprint density at radius 1 is 1.03 bits per heavy atom. The molecule has 0 aliphatic rings. The minimum absolute atomic E-state index is 0.106. The molecule has 2 aromatic rings. The first-order valence-electron chi connectivity index (χ1n) is 8.93. The first kappa shape index (κ1) is 24.3. The maximum atomic E-state index is 12.5. The van der Waals surface area contributed by atoms with E-state index in [9.17, 15) is 28.5 Å². The summed E-state index contributed by atoms with van der Waals surface area (Å²) in [5.74, 6) is -1.39. The van der Waals surface area contributed by atoms with Gasteiger partial charge in [0, 0.05) is 5.56 Å². The summed E-state index contributed by atoms with van der Waals surface area (Å²) >= 11 is 0. The van der Waals surface area contributed by atoms with E-state index in [2.05, 4.69) is 4.74 Å². The predicted molar refractivity (Wildman–Crippen MR) is 105 cm³/mol. The van der Waals surface area contributed by atoms with Gasteiger partial charge in [0.1, 0.15) is 6.61 Å². The zero-order valence-corrected chi connectivity index (χ0v) is 17.3. The maximum Gasteiger partial charge on any atom is 0.387 e. The average molecular weight is 455 g/mol. The van der Waals surface area contributed by atoms with Crippen LogP contribution < -0.4 is 18.9 Å². The van der Waals surface area contributed by atoms with Gasteiger partial charge in [-0.3, -0.25) is 14.9 Å². The molecule has 0 aromatic heterocycles. The zero-order chi connectivity index (χ0) is 23.8. The van der Waals surface area contributed by atoms with E-state index in [1.807, 2.05) is 0 Å². The zero-order valence-electron chi connectivity index (χ0n) is 17.3. The number of esters is 1. The van der Waals surface area contributed by atoms with E-state index in [4.69, 9.17) is 18.9 Å². The summed E-state index contributed by atoms with van der Waals surface area (Å²) in [6.45, 7) is -2.95. The Morgan fingerprint density at radius 3 is 2.25 bits per heavy atom. The van der Waals surface area contributed by atoms with E-state index in [-0.39, 0.29) is 28.6 Å². The lowest BCUT2D eigenvalue weighted by Gasteiger charge is -2.13. The van der Waals surface area contributed by atoms with Crippen molar-refractivity contribution >= 4 is 17.4 Å². The molecular weight excluding hydrogens is 436 g/mol. The highest BCUT2D eigenvalue weighted by Crippen LogP contribution is 2.36. The van der Waals surface area contributed by atoms with E-state index in [0.29, 0.717) is 5.56 Å². The third-order valence-corrected chi connectivity index (χ3v) is 4.08. The number of nitro benzene ring substituents is 1. The van der Waals surface area contributed by atoms with Gasteiger partial charge in [0.2, 0.25) is 0 Å². The molecule has 0 saturated heterocycles. The second-order valence-electron chi connectivity index (χ2n) is 6.14. The Morgan fingerprint density at radius 2 is 1.69 bits per heavy atom. The van der Waals surface area contributed by atoms with Crippen molar-refractivity contribution in [2.45, 2.75) is 20.1 Å². The molecule has 32 heavy (non-hydrogen) atoms. The Kier molecular flexibility index (Phi) is 8.27. The number of methoxy groups -OCH3 is 2. The summed E-state index contributed by atoms with van der Waals surface area (Å²) in [7, 11) is 2.52. The molecule has 0 spiro atoms. The highest BCUT2D eigenvalue weighted by Gasteiger charge is 2.23. The number of nitrogens with zero attached hydrogens (tertiary/aromatic N) is 1. The number of alkyl halides is 2. The van der Waals surface area contributed by atoms with Crippen LogP contribution in [0.1, 0.15) is 22.8 Å². The highest BCUT2D eigenvalue weighted by molar-refractivity contribution is 5.94. The van der Waals surface area contributed by atoms with Crippen LogP contribution in [0, 0.1) is 10.1 Å². The lowest BCUT2D eigenvalue weighted by Crippen LogP contribution is -2.15. The summed E-state index contributed by atoms with van der Waals surface area (Å²) in [5, 5.41) is 11.3. The van der Waals surface area contributed by atoms with Crippen molar-refractivity contribution in [3.8, 4) is 23.0 Å². The number of rotatable bonds is 11. The van der Waals surface area contributed by atoms with Gasteiger partial charge in [-0.15, -0.1) is 0 Å². The van der Waals surface area contributed by atoms with Crippen molar-refractivity contribution < 1.29 is 47.0 Å². The number of benzene rings is 2. The molecule has 0 saturated carbocycles. The fourth-order valence-electron chi connectivity index (χ4n) is 2.57. The highest BCUT2D eigenvalue weighted by atomic mass is 19.3. The van der Waals surface area contributed by atoms with Crippen LogP contribution in [0.4, 0.5) is 14.5 Å². The lowest BCUT2D eigenvalue weighted by molar-refractivity contribution is -0.386. The van der Waals surface area contributed by atoms with E-state index in [0.717, 1.165) is 19.2 Å². The van der Waals surface area contributed by atoms with Crippen LogP contribution in [0.15, 0.2) is 30.3 Å². The topological polar surface area (TPSA) is 123 Å². The van der Waals surface area contributed by atoms with Crippen molar-refractivity contribution in [1.82, 2.24) is 0 Å². The third kappa shape index (κ3) is 6.27. The average Bonchev–Trinajstić information content (AvgIpc) is 2.75. The summed E-state index contributed by atoms with van der Waals surface area (Å²) in [5.41, 5.74) is -0.320. The number of hydrogen-bond donors (Lipinski definition) is 0. The lowest BCUT2D eigenvalue weighted by atomic mass is 10.1. The number of ketones is 1. The summed E-state index contributed by atoms with van der Waals surface area (Å²) in [6.07, 6.45) is 0. The summed E-state index contributed by atoms with van der Waals surface area (Å²) in [4.78, 5) is 33.9. The molecule has 0 unspecified atom stereocenters. The second-order valence-corrected chi connectivity index (χ2v) is 6.14. The number of nitro groups is 1. The molecule has 0 atom stereocenters. The van der Waals surface area contributed by atoms with Gasteiger partial charge in [-0.05, 0) is 31.2 Å². The number of halogens is 2. The van der Waals surface area contributed by atoms with Crippen LogP contribution >= 0.6 is 0 Å². The summed E-state index contributed by atoms with van der Waals surface area (Å²) in [6, 6.07) is 6.20. The minimum atomic E-state index is -3.22. The van der Waals surface area contributed by atoms with Gasteiger partial charge in [0.25, 0.3) is 5.69 Å². The van der Waals surface area contributed by atoms with Crippen LogP contribution in [0.2, 0.25) is 0 Å². The fourth-order valence-corrected chi connectivity index (χ4v) is 2.57. The molecule has 0 aliphatic carbocycles. The number of Topliss-reactive ketones (excluding diaryl/α,β-unsaturated/α-hetero) is 1. The number of carbonyl (C=O) groups excluding carboxylic acids is 2. The van der Waals surface area contributed by atoms with Crippen LogP contribution in [-0.4, -0.2) is 44.1 Å². The van der Waals surface area contributed by atoms with Gasteiger partial charge < -0.3 is 23.7 Å². The predicted octanol–water partition coefficient (Wildman–Crippen LogP) is 3.54. The first-order chi connectivity index (χ1) is 15.2. The van der Waals surface area contributed by atoms with Crippen molar-refractivity contribution in [2.24, 2.45) is 0 Å².